The van der Waals surface area contributed by atoms with Crippen LogP contribution in [0.15, 0.2) is 0 Å². The molecule has 2 aliphatic rings. The van der Waals surface area contributed by atoms with Gasteiger partial charge in [0, 0.05) is 0 Å². The molecule has 2 bridgehead atoms. The zero-order valence-corrected chi connectivity index (χ0v) is 13.4. The quantitative estimate of drug-likeness (QED) is 0.361. The Morgan fingerprint density at radius 1 is 1.00 bits per heavy atom. The van der Waals surface area contributed by atoms with Crippen LogP contribution in [0.4, 0.5) is 0 Å². The minimum atomic E-state index is -1.61. The van der Waals surface area contributed by atoms with Gasteiger partial charge in [0.05, 0.1) is 0 Å². The second-order valence-electron chi connectivity index (χ2n) is 5.86. The zero-order chi connectivity index (χ0) is 9.04. The van der Waals surface area contributed by atoms with Gasteiger partial charge in [-0.05, 0) is 0 Å². The topological polar surface area (TPSA) is 0 Å². The number of rotatable bonds is 1. The average molecular weight is 385 g/mol. The molecule has 0 saturated heterocycles. The summed E-state index contributed by atoms with van der Waals surface area (Å²) >= 11 is 1.14. The molecule has 2 rings (SSSR count). The molecule has 2 fully saturated rings. The molecule has 0 radical (unpaired) electrons. The van der Waals surface area contributed by atoms with Crippen LogP contribution in [-0.4, -0.2) is 21.8 Å². The summed E-state index contributed by atoms with van der Waals surface area (Å²) in [5, 5.41) is 0. The summed E-state index contributed by atoms with van der Waals surface area (Å²) < 4.78 is 1.66. The molecule has 0 aliphatic heterocycles. The molecule has 0 heterocycles. The van der Waals surface area contributed by atoms with Crippen LogP contribution in [0.3, 0.4) is 0 Å². The Bertz CT molecular complexity index is 196. The molecule has 0 spiro atoms. The Morgan fingerprint density at radius 2 is 1.50 bits per heavy atom. The maximum atomic E-state index is 2.75. The Balaban J connectivity index is 2.27. The Morgan fingerprint density at radius 3 is 1.67 bits per heavy atom. The molecule has 0 aromatic heterocycles. The molecular weight excluding hydrogens is 366 g/mol. The van der Waals surface area contributed by atoms with E-state index in [4.69, 9.17) is 0 Å². The third kappa shape index (κ3) is 1.37. The first kappa shape index (κ1) is 10.1. The first-order valence-corrected chi connectivity index (χ1v) is 16.1. The number of alkyl halides is 1. The normalized spacial score (nSPS) is 47.0. The summed E-state index contributed by atoms with van der Waals surface area (Å²) in [6.45, 7) is 0. The van der Waals surface area contributed by atoms with Gasteiger partial charge in [-0.15, -0.1) is 0 Å². The van der Waals surface area contributed by atoms with Gasteiger partial charge in [-0.3, -0.25) is 0 Å². The predicted molar refractivity (Wildman–Crippen MR) is 65.9 cm³/mol. The van der Waals surface area contributed by atoms with Crippen LogP contribution in [0.2, 0.25) is 18.2 Å². The predicted octanol–water partition coefficient (Wildman–Crippen LogP) is 4.22. The van der Waals surface area contributed by atoms with Gasteiger partial charge in [0.2, 0.25) is 0 Å². The van der Waals surface area contributed by atoms with E-state index in [-0.39, 0.29) is 0 Å². The van der Waals surface area contributed by atoms with E-state index in [1.807, 2.05) is 0 Å². The van der Waals surface area contributed by atoms with E-state index in [1.54, 1.807) is 19.3 Å². The molecule has 0 atom stereocenters. The molecular formula is C10H19ISn. The van der Waals surface area contributed by atoms with Crippen LogP contribution in [0.25, 0.3) is 0 Å². The molecule has 0 aromatic carbocycles. The van der Waals surface area contributed by atoms with Crippen molar-refractivity contribution >= 4 is 41.0 Å². The van der Waals surface area contributed by atoms with Crippen molar-refractivity contribution in [3.63, 3.8) is 0 Å². The summed E-state index contributed by atoms with van der Waals surface area (Å²) in [6, 6.07) is 0. The summed E-state index contributed by atoms with van der Waals surface area (Å²) in [6.07, 6.45) is 7.80. The van der Waals surface area contributed by atoms with Gasteiger partial charge in [0.25, 0.3) is 0 Å². The van der Waals surface area contributed by atoms with E-state index in [9.17, 15) is 0 Å². The molecule has 2 aliphatic carbocycles. The molecule has 70 valence electrons. The molecule has 0 aromatic rings. The van der Waals surface area contributed by atoms with Gasteiger partial charge >= 0.3 is 94.7 Å². The third-order valence-electron chi connectivity index (χ3n) is 4.35. The summed E-state index contributed by atoms with van der Waals surface area (Å²) in [7, 11) is 0. The molecule has 2 heteroatoms. The molecule has 2 saturated carbocycles. The Kier molecular flexibility index (Phi) is 2.32. The summed E-state index contributed by atoms with van der Waals surface area (Å²) in [5.74, 6) is 0. The van der Waals surface area contributed by atoms with Crippen molar-refractivity contribution in [3.8, 4) is 0 Å². The van der Waals surface area contributed by atoms with Gasteiger partial charge in [0.15, 0.2) is 0 Å². The number of halogens is 1. The Labute approximate surface area is 93.9 Å². The van der Waals surface area contributed by atoms with Crippen LogP contribution in [-0.2, 0) is 0 Å². The van der Waals surface area contributed by atoms with Gasteiger partial charge in [-0.1, -0.05) is 0 Å². The van der Waals surface area contributed by atoms with E-state index in [1.165, 1.54) is 12.8 Å². The van der Waals surface area contributed by atoms with Crippen molar-refractivity contribution in [2.45, 2.75) is 53.8 Å². The molecule has 0 nitrogen and oxygen atoms in total. The van der Waals surface area contributed by atoms with Crippen molar-refractivity contribution in [1.82, 2.24) is 0 Å². The number of hydrogen-bond donors (Lipinski definition) is 0. The van der Waals surface area contributed by atoms with Crippen molar-refractivity contribution in [2.75, 3.05) is 0 Å². The molecule has 0 unspecified atom stereocenters. The van der Waals surface area contributed by atoms with E-state index in [0.29, 0.717) is 0 Å². The third-order valence-corrected chi connectivity index (χ3v) is 16.8. The fourth-order valence-electron chi connectivity index (χ4n) is 3.15. The number of fused-ring (bicyclic) bond motifs is 2. The van der Waals surface area contributed by atoms with E-state index >= 15 is 0 Å². The van der Waals surface area contributed by atoms with E-state index in [0.717, 1.165) is 6.85 Å². The van der Waals surface area contributed by atoms with Gasteiger partial charge in [0.1, 0.15) is 0 Å². The van der Waals surface area contributed by atoms with Crippen molar-refractivity contribution in [3.05, 3.63) is 0 Å². The van der Waals surface area contributed by atoms with E-state index < -0.39 is 18.4 Å². The van der Waals surface area contributed by atoms with Crippen molar-refractivity contribution < 1.29 is 0 Å². The van der Waals surface area contributed by atoms with Gasteiger partial charge in [-0.2, -0.15) is 0 Å². The maximum absolute atomic E-state index is 2.75. The first-order chi connectivity index (χ1) is 5.37. The molecule has 12 heavy (non-hydrogen) atoms. The van der Waals surface area contributed by atoms with Crippen LogP contribution < -0.4 is 0 Å². The first-order valence-electron chi connectivity index (χ1n) is 5.06. The minimum absolute atomic E-state index is 0.752. The average Bonchev–Trinajstić information content (AvgIpc) is 2.40. The summed E-state index contributed by atoms with van der Waals surface area (Å²) in [4.78, 5) is 7.92. The Hall–Kier alpha value is 1.53. The SMILES string of the molecule is [CH3][Sn]([CH3])([CH3])[C]12CCC(I)(CC1)C2. The summed E-state index contributed by atoms with van der Waals surface area (Å²) in [5.41, 5.74) is 0. The molecule has 0 amide bonds. The van der Waals surface area contributed by atoms with Gasteiger partial charge < -0.3 is 0 Å². The monoisotopic (exact) mass is 386 g/mol. The number of hydrogen-bond acceptors (Lipinski definition) is 0. The standard InChI is InChI=1S/C7H10I.3CH3.Sn/c8-7-3-1-6(5-7)2-4-7;;;;/h1-5H2;3*1H3;. The van der Waals surface area contributed by atoms with Crippen LogP contribution in [0, 0.1) is 0 Å². The van der Waals surface area contributed by atoms with Crippen LogP contribution in [0.1, 0.15) is 32.1 Å². The fraction of sp³-hybridized carbons (Fsp3) is 1.00. The zero-order valence-electron chi connectivity index (χ0n) is 8.41. The van der Waals surface area contributed by atoms with Crippen LogP contribution >= 0.6 is 22.6 Å². The van der Waals surface area contributed by atoms with E-state index in [2.05, 4.69) is 37.4 Å². The van der Waals surface area contributed by atoms with Gasteiger partial charge in [-0.25, -0.2) is 0 Å². The van der Waals surface area contributed by atoms with Crippen molar-refractivity contribution in [1.29, 1.82) is 0 Å². The molecule has 0 N–H and O–H groups in total. The second-order valence-corrected chi connectivity index (χ2v) is 24.0. The fourth-order valence-corrected chi connectivity index (χ4v) is 12.9. The van der Waals surface area contributed by atoms with Crippen LogP contribution in [0.5, 0.6) is 0 Å². The van der Waals surface area contributed by atoms with Crippen molar-refractivity contribution in [2.24, 2.45) is 0 Å². The second kappa shape index (κ2) is 2.77.